The second-order valence-corrected chi connectivity index (χ2v) is 6.88. The van der Waals surface area contributed by atoms with Crippen LogP contribution in [0.1, 0.15) is 20.3 Å². The Morgan fingerprint density at radius 2 is 1.45 bits per heavy atom. The molecular weight excluding hydrogens is 300 g/mol. The number of benzene rings is 2. The van der Waals surface area contributed by atoms with E-state index in [2.05, 4.69) is 101 Å². The van der Waals surface area contributed by atoms with Gasteiger partial charge in [-0.15, -0.1) is 46.2 Å². The number of fused-ring (bicyclic) bond motifs is 3. The van der Waals surface area contributed by atoms with Crippen molar-refractivity contribution in [3.05, 3.63) is 78.9 Å². The summed E-state index contributed by atoms with van der Waals surface area (Å²) < 4.78 is 1.42. The average molecular weight is 320 g/mol. The van der Waals surface area contributed by atoms with Crippen molar-refractivity contribution in [2.75, 3.05) is 0 Å². The Kier molecular flexibility index (Phi) is 6.64. The Balaban J connectivity index is 0.000000163. The quantitative estimate of drug-likeness (QED) is 0.365. The van der Waals surface area contributed by atoms with Gasteiger partial charge in [0.05, 0.1) is 0 Å². The predicted molar refractivity (Wildman–Crippen MR) is 95.0 cm³/mol. The van der Waals surface area contributed by atoms with Crippen molar-refractivity contribution in [3.63, 3.8) is 0 Å². The largest absolute Gasteiger partial charge is 0.273 e. The third-order valence-electron chi connectivity index (χ3n) is 3.11. The molecule has 0 nitrogen and oxygen atoms in total. The molecule has 22 heavy (non-hydrogen) atoms. The summed E-state index contributed by atoms with van der Waals surface area (Å²) in [6.07, 6.45) is 10.0. The van der Waals surface area contributed by atoms with Crippen molar-refractivity contribution in [1.82, 2.24) is 0 Å². The van der Waals surface area contributed by atoms with Gasteiger partial charge >= 0.3 is 37.6 Å². The average Bonchev–Trinajstić information content (AvgIpc) is 3.18. The van der Waals surface area contributed by atoms with E-state index in [-0.39, 0.29) is 0 Å². The van der Waals surface area contributed by atoms with Crippen LogP contribution in [-0.2, 0) is 20.0 Å². The van der Waals surface area contributed by atoms with E-state index >= 15 is 0 Å². The van der Waals surface area contributed by atoms with Crippen LogP contribution < -0.4 is 0 Å². The first-order chi connectivity index (χ1) is 10.7. The summed E-state index contributed by atoms with van der Waals surface area (Å²) in [6, 6.07) is 19.3. The van der Waals surface area contributed by atoms with E-state index in [0.717, 1.165) is 6.42 Å². The van der Waals surface area contributed by atoms with Crippen molar-refractivity contribution in [2.24, 2.45) is 0 Å². The molecule has 1 aliphatic rings. The Bertz CT molecular complexity index is 739. The molecule has 0 radical (unpaired) electrons. The molecule has 1 heteroatoms. The van der Waals surface area contributed by atoms with Crippen LogP contribution in [-0.4, -0.2) is 3.81 Å². The molecule has 0 heterocycles. The Morgan fingerprint density at radius 3 is 1.82 bits per heavy atom. The van der Waals surface area contributed by atoms with Gasteiger partial charge in [0, 0.05) is 0 Å². The van der Waals surface area contributed by atoms with Crippen LogP contribution in [0.3, 0.4) is 0 Å². The maximum Gasteiger partial charge on any atom is -0.0771 e. The summed E-state index contributed by atoms with van der Waals surface area (Å²) in [5, 5.41) is 5.39. The third kappa shape index (κ3) is 4.98. The van der Waals surface area contributed by atoms with Crippen LogP contribution in [0, 0.1) is 6.08 Å². The zero-order valence-electron chi connectivity index (χ0n) is 13.1. The van der Waals surface area contributed by atoms with Crippen molar-refractivity contribution in [1.29, 1.82) is 0 Å². The molecule has 0 amide bonds. The summed E-state index contributed by atoms with van der Waals surface area (Å²) in [6.45, 7) is 4.17. The fourth-order valence-corrected chi connectivity index (χ4v) is 2.24. The van der Waals surface area contributed by atoms with E-state index in [1.54, 1.807) is 0 Å². The van der Waals surface area contributed by atoms with Crippen LogP contribution in [0.25, 0.3) is 21.5 Å². The van der Waals surface area contributed by atoms with Crippen LogP contribution >= 0.6 is 0 Å². The Labute approximate surface area is 144 Å². The van der Waals surface area contributed by atoms with Gasteiger partial charge in [0.2, 0.25) is 0 Å². The first-order valence-corrected chi connectivity index (χ1v) is 8.23. The normalized spacial score (nSPS) is 11.8. The van der Waals surface area contributed by atoms with Crippen LogP contribution in [0.15, 0.2) is 72.8 Å². The fourth-order valence-electron chi connectivity index (χ4n) is 2.24. The van der Waals surface area contributed by atoms with Gasteiger partial charge in [0.15, 0.2) is 0 Å². The predicted octanol–water partition coefficient (Wildman–Crippen LogP) is 5.76. The van der Waals surface area contributed by atoms with Crippen molar-refractivity contribution in [2.45, 2.75) is 20.3 Å². The molecule has 108 valence electrons. The molecule has 0 spiro atoms. The fraction of sp³-hybridized carbons (Fsp3) is 0.143. The van der Waals surface area contributed by atoms with Gasteiger partial charge in [-0.2, -0.15) is 6.08 Å². The molecule has 0 aliphatic heterocycles. The maximum absolute atomic E-state index is 2.99. The zero-order chi connectivity index (χ0) is 15.8. The van der Waals surface area contributed by atoms with Gasteiger partial charge < -0.3 is 0 Å². The molecular formula is C21H20Ti. The van der Waals surface area contributed by atoms with Crippen LogP contribution in [0.2, 0.25) is 0 Å². The third-order valence-corrected chi connectivity index (χ3v) is 3.11. The molecule has 0 fully saturated rings. The van der Waals surface area contributed by atoms with Crippen molar-refractivity contribution >= 4 is 25.4 Å². The molecule has 0 unspecified atom stereocenters. The van der Waals surface area contributed by atoms with E-state index in [9.17, 15) is 0 Å². The van der Waals surface area contributed by atoms with Crippen molar-refractivity contribution < 1.29 is 20.0 Å². The minimum Gasteiger partial charge on any atom is -0.273 e. The van der Waals surface area contributed by atoms with E-state index in [4.69, 9.17) is 0 Å². The Morgan fingerprint density at radius 1 is 0.955 bits per heavy atom. The molecule has 0 N–H and O–H groups in total. The summed E-state index contributed by atoms with van der Waals surface area (Å²) in [7, 11) is 0. The second-order valence-electron chi connectivity index (χ2n) is 5.32. The van der Waals surface area contributed by atoms with Gasteiger partial charge in [-0.25, -0.2) is 12.2 Å². The summed E-state index contributed by atoms with van der Waals surface area (Å²) in [5.74, 6) is 0. The zero-order valence-corrected chi connectivity index (χ0v) is 14.7. The molecule has 3 aromatic carbocycles. The van der Waals surface area contributed by atoms with Gasteiger partial charge in [-0.1, -0.05) is 36.4 Å². The monoisotopic (exact) mass is 320 g/mol. The SMILES string of the molecule is C[C](C)=[Ti+2].[C-]1=CC=CC1.c1ccc2c(c1)[cH-]c1ccccc12. The summed E-state index contributed by atoms with van der Waals surface area (Å²) >= 11 is 2.08. The molecule has 0 aromatic heterocycles. The van der Waals surface area contributed by atoms with E-state index in [1.807, 2.05) is 12.2 Å². The van der Waals surface area contributed by atoms with Crippen LogP contribution in [0.4, 0.5) is 0 Å². The number of hydrogen-bond donors (Lipinski definition) is 0. The van der Waals surface area contributed by atoms with E-state index in [0.29, 0.717) is 0 Å². The minimum atomic E-state index is 1.01. The topological polar surface area (TPSA) is 0 Å². The molecule has 0 saturated carbocycles. The van der Waals surface area contributed by atoms with Gasteiger partial charge in [0.1, 0.15) is 0 Å². The first-order valence-electron chi connectivity index (χ1n) is 7.45. The first kappa shape index (κ1) is 16.7. The molecule has 1 aliphatic carbocycles. The Hall–Kier alpha value is -1.63. The van der Waals surface area contributed by atoms with Gasteiger partial charge in [0.25, 0.3) is 0 Å². The molecule has 0 bridgehead atoms. The van der Waals surface area contributed by atoms with Crippen molar-refractivity contribution in [3.8, 4) is 0 Å². The number of allylic oxidation sites excluding steroid dienone is 4. The maximum atomic E-state index is 2.99. The standard InChI is InChI=1S/C13H9.C5H5.C3H6.Ti/c1-3-7-12-10(5-1)9-11-6-2-4-8-13(11)12;1-2-4-5-3-1;1-3-2;/h1-9H;1-3H,4H2;1-2H3;/q2*-1;;+2. The molecule has 4 rings (SSSR count). The van der Waals surface area contributed by atoms with Crippen LogP contribution in [0.5, 0.6) is 0 Å². The molecule has 3 aromatic rings. The molecule has 0 saturated heterocycles. The van der Waals surface area contributed by atoms with Gasteiger partial charge in [-0.3, -0.25) is 6.08 Å². The van der Waals surface area contributed by atoms with E-state index < -0.39 is 0 Å². The summed E-state index contributed by atoms with van der Waals surface area (Å²) in [5.41, 5.74) is 0. The second kappa shape index (κ2) is 8.73. The number of rotatable bonds is 0. The minimum absolute atomic E-state index is 1.01. The summed E-state index contributed by atoms with van der Waals surface area (Å²) in [4.78, 5) is 0. The van der Waals surface area contributed by atoms with E-state index in [1.165, 1.54) is 25.4 Å². The van der Waals surface area contributed by atoms with Gasteiger partial charge in [-0.05, 0) is 0 Å². The smallest absolute Gasteiger partial charge is 0.0771 e. The molecule has 0 atom stereocenters. The number of hydrogen-bond acceptors (Lipinski definition) is 0.